The van der Waals surface area contributed by atoms with Crippen molar-refractivity contribution < 1.29 is 9.59 Å². The molecule has 6 nitrogen and oxygen atoms in total. The molecule has 0 aliphatic carbocycles. The second-order valence-electron chi connectivity index (χ2n) is 4.91. The predicted octanol–water partition coefficient (Wildman–Crippen LogP) is 0.562. The number of para-hydroxylation sites is 1. The monoisotopic (exact) mass is 272 g/mol. The van der Waals surface area contributed by atoms with Crippen molar-refractivity contribution in [2.45, 2.75) is 18.9 Å². The first-order valence-electron chi connectivity index (χ1n) is 6.61. The summed E-state index contributed by atoms with van der Waals surface area (Å²) in [5, 5.41) is 3.99. The summed E-state index contributed by atoms with van der Waals surface area (Å²) < 4.78 is 1.47. The van der Waals surface area contributed by atoms with Gasteiger partial charge in [0.25, 0.3) is 11.8 Å². The zero-order valence-corrected chi connectivity index (χ0v) is 10.9. The molecule has 1 fully saturated rings. The number of aromatic nitrogens is 1. The molecule has 0 bridgehead atoms. The number of rotatable bonds is 3. The Kier molecular flexibility index (Phi) is 3.15. The Hall–Kier alpha value is -2.34. The number of nitrogens with one attached hydrogen (secondary N) is 2. The number of hydrogen-bond donors (Lipinski definition) is 3. The van der Waals surface area contributed by atoms with Gasteiger partial charge in [0.2, 0.25) is 0 Å². The van der Waals surface area contributed by atoms with Crippen molar-refractivity contribution in [1.29, 1.82) is 0 Å². The number of nitrogens with zero attached hydrogens (tertiary/aromatic N) is 1. The molecular formula is C14H16N4O2. The van der Waals surface area contributed by atoms with Gasteiger partial charge in [-0.2, -0.15) is 0 Å². The largest absolute Gasteiger partial charge is 0.364 e. The molecule has 1 aromatic carbocycles. The molecular weight excluding hydrogens is 256 g/mol. The smallest absolute Gasteiger partial charge is 0.267 e. The van der Waals surface area contributed by atoms with Gasteiger partial charge in [-0.3, -0.25) is 15.0 Å². The van der Waals surface area contributed by atoms with Crippen molar-refractivity contribution in [3.05, 3.63) is 36.0 Å². The lowest BCUT2D eigenvalue weighted by molar-refractivity contribution is -0.118. The zero-order valence-electron chi connectivity index (χ0n) is 10.9. The van der Waals surface area contributed by atoms with Gasteiger partial charge in [0, 0.05) is 5.39 Å². The normalized spacial score (nSPS) is 18.3. The standard InChI is InChI=1S/C14H16N4O2/c15-13(19)12-8-9-4-1-2-6-11(9)18(12)17-14(20)10-5-3-7-16-10/h1-2,4,6,8,10,16H,3,5,7H2,(H2,15,19)(H,17,20)/t10-/m0/s1. The van der Waals surface area contributed by atoms with Crippen molar-refractivity contribution in [2.75, 3.05) is 12.0 Å². The van der Waals surface area contributed by atoms with Gasteiger partial charge in [0.05, 0.1) is 11.6 Å². The Labute approximate surface area is 115 Å². The molecule has 2 aromatic rings. The zero-order chi connectivity index (χ0) is 14.1. The molecule has 1 aliphatic rings. The lowest BCUT2D eigenvalue weighted by atomic mass is 10.2. The van der Waals surface area contributed by atoms with E-state index in [9.17, 15) is 9.59 Å². The first kappa shape index (κ1) is 12.7. The minimum atomic E-state index is -0.569. The van der Waals surface area contributed by atoms with Gasteiger partial charge in [-0.25, -0.2) is 4.68 Å². The summed E-state index contributed by atoms with van der Waals surface area (Å²) >= 11 is 0. The maximum atomic E-state index is 12.2. The molecule has 1 atom stereocenters. The van der Waals surface area contributed by atoms with E-state index in [2.05, 4.69) is 10.7 Å². The fraction of sp³-hybridized carbons (Fsp3) is 0.286. The van der Waals surface area contributed by atoms with Gasteiger partial charge in [0.15, 0.2) is 0 Å². The third-order valence-electron chi connectivity index (χ3n) is 3.56. The van der Waals surface area contributed by atoms with Gasteiger partial charge in [-0.15, -0.1) is 0 Å². The average molecular weight is 272 g/mol. The number of carbonyl (C=O) groups is 2. The Bertz CT molecular complexity index is 671. The van der Waals surface area contributed by atoms with Crippen LogP contribution in [-0.4, -0.2) is 29.1 Å². The number of carbonyl (C=O) groups excluding carboxylic acids is 2. The Morgan fingerprint density at radius 3 is 2.85 bits per heavy atom. The lowest BCUT2D eigenvalue weighted by Crippen LogP contribution is -2.40. The molecule has 20 heavy (non-hydrogen) atoms. The van der Waals surface area contributed by atoms with E-state index in [4.69, 9.17) is 5.73 Å². The topological polar surface area (TPSA) is 89.2 Å². The first-order valence-corrected chi connectivity index (χ1v) is 6.61. The maximum Gasteiger partial charge on any atom is 0.267 e. The fourth-order valence-corrected chi connectivity index (χ4v) is 2.55. The fourth-order valence-electron chi connectivity index (χ4n) is 2.55. The van der Waals surface area contributed by atoms with Gasteiger partial charge in [-0.05, 0) is 31.5 Å². The molecule has 1 saturated heterocycles. The van der Waals surface area contributed by atoms with E-state index in [-0.39, 0.29) is 17.6 Å². The van der Waals surface area contributed by atoms with E-state index >= 15 is 0 Å². The van der Waals surface area contributed by atoms with E-state index in [1.165, 1.54) is 4.68 Å². The molecule has 1 aliphatic heterocycles. The van der Waals surface area contributed by atoms with Crippen LogP contribution in [-0.2, 0) is 4.79 Å². The Morgan fingerprint density at radius 2 is 2.15 bits per heavy atom. The molecule has 0 saturated carbocycles. The Morgan fingerprint density at radius 1 is 1.35 bits per heavy atom. The predicted molar refractivity (Wildman–Crippen MR) is 75.8 cm³/mol. The number of amides is 2. The first-order chi connectivity index (χ1) is 9.66. The number of benzene rings is 1. The van der Waals surface area contributed by atoms with Crippen LogP contribution in [0.15, 0.2) is 30.3 Å². The van der Waals surface area contributed by atoms with E-state index in [1.807, 2.05) is 24.3 Å². The highest BCUT2D eigenvalue weighted by Crippen LogP contribution is 2.18. The SMILES string of the molecule is NC(=O)c1cc2ccccc2n1NC(=O)[C@@H]1CCCN1. The van der Waals surface area contributed by atoms with Crippen LogP contribution in [0.1, 0.15) is 23.3 Å². The van der Waals surface area contributed by atoms with Crippen LogP contribution in [0, 0.1) is 0 Å². The summed E-state index contributed by atoms with van der Waals surface area (Å²) in [5.41, 5.74) is 9.18. The van der Waals surface area contributed by atoms with Crippen molar-refractivity contribution in [2.24, 2.45) is 5.73 Å². The van der Waals surface area contributed by atoms with Gasteiger partial charge < -0.3 is 11.1 Å². The highest BCUT2D eigenvalue weighted by Gasteiger charge is 2.24. The highest BCUT2D eigenvalue weighted by atomic mass is 16.2. The van der Waals surface area contributed by atoms with Gasteiger partial charge in [-0.1, -0.05) is 18.2 Å². The minimum absolute atomic E-state index is 0.147. The summed E-state index contributed by atoms with van der Waals surface area (Å²) in [4.78, 5) is 23.7. The van der Waals surface area contributed by atoms with Crippen molar-refractivity contribution in [1.82, 2.24) is 9.99 Å². The molecule has 2 heterocycles. The minimum Gasteiger partial charge on any atom is -0.364 e. The highest BCUT2D eigenvalue weighted by molar-refractivity contribution is 6.00. The van der Waals surface area contributed by atoms with Crippen LogP contribution in [0.2, 0.25) is 0 Å². The third kappa shape index (κ3) is 2.14. The second kappa shape index (κ2) is 4.97. The van der Waals surface area contributed by atoms with E-state index < -0.39 is 5.91 Å². The summed E-state index contributed by atoms with van der Waals surface area (Å²) in [6.07, 6.45) is 1.78. The summed E-state index contributed by atoms with van der Waals surface area (Å²) in [7, 11) is 0. The van der Waals surface area contributed by atoms with Crippen LogP contribution < -0.4 is 16.5 Å². The summed E-state index contributed by atoms with van der Waals surface area (Å²) in [5.74, 6) is -0.716. The average Bonchev–Trinajstić information content (AvgIpc) is 3.06. The summed E-state index contributed by atoms with van der Waals surface area (Å²) in [6.45, 7) is 0.840. The van der Waals surface area contributed by atoms with Crippen molar-refractivity contribution in [3.63, 3.8) is 0 Å². The molecule has 2 amide bonds. The van der Waals surface area contributed by atoms with Crippen LogP contribution in [0.4, 0.5) is 0 Å². The molecule has 0 radical (unpaired) electrons. The Balaban J connectivity index is 1.98. The van der Waals surface area contributed by atoms with Gasteiger partial charge >= 0.3 is 0 Å². The molecule has 0 unspecified atom stereocenters. The molecule has 0 spiro atoms. The quantitative estimate of drug-likeness (QED) is 0.762. The number of hydrogen-bond acceptors (Lipinski definition) is 3. The van der Waals surface area contributed by atoms with Crippen LogP contribution in [0.25, 0.3) is 10.9 Å². The molecule has 104 valence electrons. The summed E-state index contributed by atoms with van der Waals surface area (Å²) in [6, 6.07) is 8.90. The van der Waals surface area contributed by atoms with E-state index in [1.54, 1.807) is 6.07 Å². The van der Waals surface area contributed by atoms with Crippen LogP contribution in [0.3, 0.4) is 0 Å². The number of fused-ring (bicyclic) bond motifs is 1. The number of nitrogens with two attached hydrogens (primary N) is 1. The van der Waals surface area contributed by atoms with Crippen LogP contribution >= 0.6 is 0 Å². The van der Waals surface area contributed by atoms with Crippen molar-refractivity contribution in [3.8, 4) is 0 Å². The lowest BCUT2D eigenvalue weighted by Gasteiger charge is -2.14. The molecule has 3 rings (SSSR count). The second-order valence-corrected chi connectivity index (χ2v) is 4.91. The van der Waals surface area contributed by atoms with Gasteiger partial charge in [0.1, 0.15) is 5.69 Å². The molecule has 6 heteroatoms. The maximum absolute atomic E-state index is 12.2. The number of primary amides is 1. The van der Waals surface area contributed by atoms with E-state index in [0.29, 0.717) is 0 Å². The molecule has 4 N–H and O–H groups in total. The van der Waals surface area contributed by atoms with Crippen molar-refractivity contribution >= 4 is 22.7 Å². The van der Waals surface area contributed by atoms with Crippen LogP contribution in [0.5, 0.6) is 0 Å². The third-order valence-corrected chi connectivity index (χ3v) is 3.56. The molecule has 1 aromatic heterocycles. The van der Waals surface area contributed by atoms with E-state index in [0.717, 1.165) is 30.3 Å².